The normalized spacial score (nSPS) is 23.6. The van der Waals surface area contributed by atoms with E-state index >= 15 is 0 Å². The van der Waals surface area contributed by atoms with Crippen LogP contribution < -0.4 is 5.32 Å². The third-order valence-electron chi connectivity index (χ3n) is 5.06. The van der Waals surface area contributed by atoms with Crippen molar-refractivity contribution in [3.63, 3.8) is 0 Å². The molecule has 1 heterocycles. The molecule has 1 saturated heterocycles. The summed E-state index contributed by atoms with van der Waals surface area (Å²) in [7, 11) is 0. The molecule has 1 aliphatic heterocycles. The zero-order valence-corrected chi connectivity index (χ0v) is 14.2. The summed E-state index contributed by atoms with van der Waals surface area (Å²) in [6.45, 7) is 3.89. The molecule has 2 fully saturated rings. The third-order valence-corrected chi connectivity index (χ3v) is 5.06. The predicted octanol–water partition coefficient (Wildman–Crippen LogP) is 3.00. The molecular weight excluding hydrogens is 333 g/mol. The number of likely N-dealkylation sites (tertiary alicyclic amines) is 1. The highest BCUT2D eigenvalue weighted by atomic mass is 19.4. The molecule has 1 saturated carbocycles. The van der Waals surface area contributed by atoms with E-state index in [-0.39, 0.29) is 23.4 Å². The van der Waals surface area contributed by atoms with E-state index in [1.165, 1.54) is 13.0 Å². The molecule has 136 valence electrons. The van der Waals surface area contributed by atoms with Crippen LogP contribution in [0.4, 0.5) is 13.2 Å². The molecule has 1 aliphatic carbocycles. The lowest BCUT2D eigenvalue weighted by molar-refractivity contribution is -0.137. The van der Waals surface area contributed by atoms with Crippen molar-refractivity contribution in [1.82, 2.24) is 10.2 Å². The van der Waals surface area contributed by atoms with E-state index in [9.17, 15) is 22.8 Å². The van der Waals surface area contributed by atoms with E-state index in [0.717, 1.165) is 25.0 Å². The average Bonchev–Trinajstić information content (AvgIpc) is 3.27. The van der Waals surface area contributed by atoms with Crippen molar-refractivity contribution in [1.29, 1.82) is 0 Å². The van der Waals surface area contributed by atoms with Gasteiger partial charge in [0.05, 0.1) is 11.6 Å². The molecule has 2 atom stereocenters. The Kier molecular flexibility index (Phi) is 4.51. The van der Waals surface area contributed by atoms with Gasteiger partial charge in [-0.2, -0.15) is 13.2 Å². The van der Waals surface area contributed by atoms with Gasteiger partial charge in [-0.3, -0.25) is 9.59 Å². The van der Waals surface area contributed by atoms with Crippen molar-refractivity contribution in [2.45, 2.75) is 38.9 Å². The van der Waals surface area contributed by atoms with Crippen LogP contribution in [-0.4, -0.2) is 35.8 Å². The molecule has 2 aliphatic rings. The van der Waals surface area contributed by atoms with E-state index in [1.54, 1.807) is 11.8 Å². The first-order valence-corrected chi connectivity index (χ1v) is 8.41. The van der Waals surface area contributed by atoms with Crippen LogP contribution in [0.5, 0.6) is 0 Å². The predicted molar refractivity (Wildman–Crippen MR) is 85.9 cm³/mol. The molecule has 0 radical (unpaired) electrons. The molecule has 0 bridgehead atoms. The second kappa shape index (κ2) is 6.35. The molecule has 1 aromatic rings. The maximum Gasteiger partial charge on any atom is 0.416 e. The lowest BCUT2D eigenvalue weighted by Gasteiger charge is -2.19. The van der Waals surface area contributed by atoms with Gasteiger partial charge in [0.1, 0.15) is 0 Å². The summed E-state index contributed by atoms with van der Waals surface area (Å²) in [5.41, 5.74) is -0.227. The van der Waals surface area contributed by atoms with E-state index in [2.05, 4.69) is 5.32 Å². The van der Waals surface area contributed by atoms with Crippen molar-refractivity contribution in [3.8, 4) is 0 Å². The van der Waals surface area contributed by atoms with Crippen molar-refractivity contribution in [2.75, 3.05) is 13.1 Å². The number of alkyl halides is 3. The van der Waals surface area contributed by atoms with Gasteiger partial charge >= 0.3 is 6.18 Å². The highest BCUT2D eigenvalue weighted by Crippen LogP contribution is 2.42. The maximum absolute atomic E-state index is 12.9. The van der Waals surface area contributed by atoms with Crippen molar-refractivity contribution < 1.29 is 22.8 Å². The standard InChI is InChI=1S/C18H21F3N2O2/c1-10-3-6-13(18(19,20)21)7-14(10)17(25)23-8-15(12-4-5-12)16(9-23)22-11(2)24/h3,6-7,12,15-16H,4-5,8-9H2,1-2H3,(H,22,24). The lowest BCUT2D eigenvalue weighted by atomic mass is 9.98. The van der Waals surface area contributed by atoms with Crippen molar-refractivity contribution >= 4 is 11.8 Å². The summed E-state index contributed by atoms with van der Waals surface area (Å²) < 4.78 is 38.8. The second-order valence-corrected chi connectivity index (χ2v) is 7.05. The molecule has 7 heteroatoms. The van der Waals surface area contributed by atoms with Crippen LogP contribution in [0.2, 0.25) is 0 Å². The minimum Gasteiger partial charge on any atom is -0.351 e. The second-order valence-electron chi connectivity index (χ2n) is 7.05. The number of amides is 2. The number of carbonyl (C=O) groups is 2. The Morgan fingerprint density at radius 3 is 2.44 bits per heavy atom. The molecule has 2 amide bonds. The number of nitrogens with one attached hydrogen (secondary N) is 1. The summed E-state index contributed by atoms with van der Waals surface area (Å²) in [4.78, 5) is 25.8. The fourth-order valence-corrected chi connectivity index (χ4v) is 3.61. The molecular formula is C18H21F3N2O2. The Bertz CT molecular complexity index is 698. The van der Waals surface area contributed by atoms with Crippen molar-refractivity contribution in [2.24, 2.45) is 11.8 Å². The number of rotatable bonds is 3. The SMILES string of the molecule is CC(=O)NC1CN(C(=O)c2cc(C(F)(F)F)ccc2C)CC1C1CC1. The molecule has 0 spiro atoms. The van der Waals surface area contributed by atoms with Gasteiger partial charge < -0.3 is 10.2 Å². The molecule has 3 rings (SSSR count). The zero-order chi connectivity index (χ0) is 18.4. The minimum absolute atomic E-state index is 0.0767. The van der Waals surface area contributed by atoms with Gasteiger partial charge in [0.15, 0.2) is 0 Å². The first-order valence-electron chi connectivity index (χ1n) is 8.41. The van der Waals surface area contributed by atoms with Gasteiger partial charge in [-0.05, 0) is 43.4 Å². The maximum atomic E-state index is 12.9. The number of carbonyl (C=O) groups excluding carboxylic acids is 2. The van der Waals surface area contributed by atoms with Gasteiger partial charge in [0.2, 0.25) is 5.91 Å². The van der Waals surface area contributed by atoms with Gasteiger partial charge in [-0.15, -0.1) is 0 Å². The number of hydrogen-bond acceptors (Lipinski definition) is 2. The molecule has 1 aromatic carbocycles. The van der Waals surface area contributed by atoms with Gasteiger partial charge in [0, 0.05) is 31.5 Å². The lowest BCUT2D eigenvalue weighted by Crippen LogP contribution is -2.40. The van der Waals surface area contributed by atoms with Crippen LogP contribution in [0.25, 0.3) is 0 Å². The van der Waals surface area contributed by atoms with E-state index in [1.807, 2.05) is 0 Å². The van der Waals surface area contributed by atoms with Crippen LogP contribution in [0.15, 0.2) is 18.2 Å². The first-order chi connectivity index (χ1) is 11.7. The quantitative estimate of drug-likeness (QED) is 0.907. The number of nitrogens with zero attached hydrogens (tertiary/aromatic N) is 1. The van der Waals surface area contributed by atoms with E-state index < -0.39 is 17.6 Å². The monoisotopic (exact) mass is 354 g/mol. The zero-order valence-electron chi connectivity index (χ0n) is 14.2. The largest absolute Gasteiger partial charge is 0.416 e. The summed E-state index contributed by atoms with van der Waals surface area (Å²) in [6.07, 6.45) is -2.33. The molecule has 2 unspecified atom stereocenters. The smallest absolute Gasteiger partial charge is 0.351 e. The van der Waals surface area contributed by atoms with Crippen molar-refractivity contribution in [3.05, 3.63) is 34.9 Å². The molecule has 0 aromatic heterocycles. The summed E-state index contributed by atoms with van der Waals surface area (Å²) >= 11 is 0. The number of halogens is 3. The average molecular weight is 354 g/mol. The summed E-state index contributed by atoms with van der Waals surface area (Å²) in [6, 6.07) is 3.12. The van der Waals surface area contributed by atoms with Gasteiger partial charge in [0.25, 0.3) is 5.91 Å². The highest BCUT2D eigenvalue weighted by molar-refractivity contribution is 5.96. The van der Waals surface area contributed by atoms with E-state index in [4.69, 9.17) is 0 Å². The third kappa shape index (κ3) is 3.80. The Morgan fingerprint density at radius 2 is 1.88 bits per heavy atom. The number of aryl methyl sites for hydroxylation is 1. The number of benzene rings is 1. The first kappa shape index (κ1) is 17.8. The molecule has 4 nitrogen and oxygen atoms in total. The van der Waals surface area contributed by atoms with Gasteiger partial charge in [-0.25, -0.2) is 0 Å². The van der Waals surface area contributed by atoms with Crippen LogP contribution in [0.3, 0.4) is 0 Å². The van der Waals surface area contributed by atoms with Crippen LogP contribution in [0, 0.1) is 18.8 Å². The van der Waals surface area contributed by atoms with Crippen LogP contribution >= 0.6 is 0 Å². The molecule has 1 N–H and O–H groups in total. The fraction of sp³-hybridized carbons (Fsp3) is 0.556. The minimum atomic E-state index is -4.48. The number of hydrogen-bond donors (Lipinski definition) is 1. The molecule has 25 heavy (non-hydrogen) atoms. The summed E-state index contributed by atoms with van der Waals surface area (Å²) in [5.74, 6) is 0.110. The fourth-order valence-electron chi connectivity index (χ4n) is 3.61. The Labute approximate surface area is 144 Å². The van der Waals surface area contributed by atoms with E-state index in [0.29, 0.717) is 24.6 Å². The Hall–Kier alpha value is -2.05. The summed E-state index contributed by atoms with van der Waals surface area (Å²) in [5, 5.41) is 2.89. The van der Waals surface area contributed by atoms with Crippen LogP contribution in [-0.2, 0) is 11.0 Å². The Balaban J connectivity index is 1.82. The highest BCUT2D eigenvalue weighted by Gasteiger charge is 2.44. The topological polar surface area (TPSA) is 49.4 Å². The van der Waals surface area contributed by atoms with Crippen LogP contribution in [0.1, 0.15) is 41.3 Å². The Morgan fingerprint density at radius 1 is 1.20 bits per heavy atom. The van der Waals surface area contributed by atoms with Gasteiger partial charge in [-0.1, -0.05) is 6.07 Å².